The largest absolute Gasteiger partial charge is 0.359 e. The van der Waals surface area contributed by atoms with Crippen molar-refractivity contribution in [3.05, 3.63) is 34.7 Å². The normalized spacial score (nSPS) is 15.6. The Morgan fingerprint density at radius 3 is 2.70 bits per heavy atom. The highest BCUT2D eigenvalue weighted by molar-refractivity contribution is 5.80. The summed E-state index contributed by atoms with van der Waals surface area (Å²) in [4.78, 5) is 30.3. The van der Waals surface area contributed by atoms with Gasteiger partial charge in [-0.15, -0.1) is 0 Å². The molecule has 1 aromatic heterocycles. The summed E-state index contributed by atoms with van der Waals surface area (Å²) >= 11 is 0. The van der Waals surface area contributed by atoms with E-state index in [1.165, 1.54) is 0 Å². The number of guanidine groups is 1. The highest BCUT2D eigenvalue weighted by Crippen LogP contribution is 2.20. The first kappa shape index (κ1) is 21.0. The Hall–Kier alpha value is -2.31. The Bertz CT molecular complexity index is 662. The minimum atomic E-state index is 0.0500. The minimum Gasteiger partial charge on any atom is -0.359 e. The van der Waals surface area contributed by atoms with Crippen LogP contribution in [0.15, 0.2) is 34.2 Å². The van der Waals surface area contributed by atoms with Crippen LogP contribution >= 0.6 is 0 Å². The summed E-state index contributed by atoms with van der Waals surface area (Å²) in [6, 6.07) is 5.25. The summed E-state index contributed by atoms with van der Waals surface area (Å²) < 4.78 is 1.74. The predicted octanol–water partition coefficient (Wildman–Crippen LogP) is 1.44. The second kappa shape index (κ2) is 11.4. The Morgan fingerprint density at radius 1 is 1.26 bits per heavy atom. The van der Waals surface area contributed by atoms with Crippen molar-refractivity contribution in [1.29, 1.82) is 0 Å². The fraction of sp³-hybridized carbons (Fsp3) is 0.650. The lowest BCUT2D eigenvalue weighted by Gasteiger charge is -2.34. The third kappa shape index (κ3) is 7.07. The number of amides is 1. The summed E-state index contributed by atoms with van der Waals surface area (Å²) in [5.41, 5.74) is 0.0500. The van der Waals surface area contributed by atoms with E-state index in [0.717, 1.165) is 64.4 Å². The van der Waals surface area contributed by atoms with E-state index in [1.54, 1.807) is 23.7 Å². The molecule has 1 aliphatic rings. The summed E-state index contributed by atoms with van der Waals surface area (Å²) in [5.74, 6) is 1.56. The number of aromatic nitrogens is 1. The van der Waals surface area contributed by atoms with E-state index >= 15 is 0 Å². The van der Waals surface area contributed by atoms with Gasteiger partial charge in [0.15, 0.2) is 5.96 Å². The maximum Gasteiger partial charge on any atom is 0.250 e. The lowest BCUT2D eigenvalue weighted by Crippen LogP contribution is -2.46. The van der Waals surface area contributed by atoms with Crippen molar-refractivity contribution in [2.45, 2.75) is 45.6 Å². The number of carbonyl (C=O) groups excluding carboxylic acids is 1. The van der Waals surface area contributed by atoms with Crippen molar-refractivity contribution in [3.8, 4) is 0 Å². The number of hydrogen-bond acceptors (Lipinski definition) is 3. The molecule has 2 rings (SSSR count). The fourth-order valence-electron chi connectivity index (χ4n) is 3.36. The van der Waals surface area contributed by atoms with E-state index in [2.05, 4.69) is 22.5 Å². The van der Waals surface area contributed by atoms with Crippen LogP contribution in [0.3, 0.4) is 0 Å². The van der Waals surface area contributed by atoms with Crippen molar-refractivity contribution >= 4 is 11.9 Å². The van der Waals surface area contributed by atoms with Gasteiger partial charge in [-0.25, -0.2) is 0 Å². The molecule has 27 heavy (non-hydrogen) atoms. The number of aryl methyl sites for hydroxylation is 1. The highest BCUT2D eigenvalue weighted by atomic mass is 16.1. The van der Waals surface area contributed by atoms with Gasteiger partial charge in [0.1, 0.15) is 0 Å². The SMILES string of the molecule is CCNC(=NCCCCn1ccccc1=O)N1CCC(CC(=O)NC)CC1. The quantitative estimate of drug-likeness (QED) is 0.409. The zero-order chi connectivity index (χ0) is 19.5. The van der Waals surface area contributed by atoms with Crippen LogP contribution in [0, 0.1) is 5.92 Å². The Morgan fingerprint density at radius 2 is 2.04 bits per heavy atom. The monoisotopic (exact) mass is 375 g/mol. The van der Waals surface area contributed by atoms with Crippen LogP contribution in [-0.4, -0.2) is 54.6 Å². The van der Waals surface area contributed by atoms with Crippen LogP contribution in [0.1, 0.15) is 39.0 Å². The van der Waals surface area contributed by atoms with E-state index in [4.69, 9.17) is 4.99 Å². The molecular weight excluding hydrogens is 342 g/mol. The molecule has 0 radical (unpaired) electrons. The van der Waals surface area contributed by atoms with Crippen LogP contribution in [0.2, 0.25) is 0 Å². The Balaban J connectivity index is 1.76. The van der Waals surface area contributed by atoms with Crippen LogP contribution in [0.5, 0.6) is 0 Å². The first-order valence-electron chi connectivity index (χ1n) is 10.0. The average Bonchev–Trinajstić information content (AvgIpc) is 2.69. The fourth-order valence-corrected chi connectivity index (χ4v) is 3.36. The van der Waals surface area contributed by atoms with Gasteiger partial charge in [-0.05, 0) is 44.6 Å². The van der Waals surface area contributed by atoms with Crippen LogP contribution in [0.4, 0.5) is 0 Å². The maximum atomic E-state index is 11.7. The van der Waals surface area contributed by atoms with Gasteiger partial charge in [0.05, 0.1) is 0 Å². The molecule has 1 aromatic rings. The van der Waals surface area contributed by atoms with Crippen LogP contribution in [0.25, 0.3) is 0 Å². The average molecular weight is 376 g/mol. The van der Waals surface area contributed by atoms with Crippen molar-refractivity contribution in [1.82, 2.24) is 20.1 Å². The molecule has 7 heteroatoms. The number of unbranched alkanes of at least 4 members (excludes halogenated alkanes) is 1. The molecule has 7 nitrogen and oxygen atoms in total. The van der Waals surface area contributed by atoms with Gasteiger partial charge in [-0.2, -0.15) is 0 Å². The maximum absolute atomic E-state index is 11.7. The van der Waals surface area contributed by atoms with Crippen LogP contribution in [-0.2, 0) is 11.3 Å². The zero-order valence-electron chi connectivity index (χ0n) is 16.6. The van der Waals surface area contributed by atoms with E-state index in [1.807, 2.05) is 12.3 Å². The number of nitrogens with one attached hydrogen (secondary N) is 2. The molecule has 2 N–H and O–H groups in total. The molecule has 0 spiro atoms. The molecule has 2 heterocycles. The zero-order valence-corrected chi connectivity index (χ0v) is 16.6. The molecule has 150 valence electrons. The molecule has 0 atom stereocenters. The molecule has 0 aromatic carbocycles. The Labute approximate surface area is 161 Å². The van der Waals surface area contributed by atoms with Crippen molar-refractivity contribution in [2.75, 3.05) is 33.2 Å². The Kier molecular flexibility index (Phi) is 8.87. The van der Waals surface area contributed by atoms with Gasteiger partial charge in [-0.3, -0.25) is 14.6 Å². The van der Waals surface area contributed by atoms with E-state index in [9.17, 15) is 9.59 Å². The van der Waals surface area contributed by atoms with Gasteiger partial charge in [-0.1, -0.05) is 6.07 Å². The first-order valence-corrected chi connectivity index (χ1v) is 10.0. The van der Waals surface area contributed by atoms with Crippen molar-refractivity contribution in [3.63, 3.8) is 0 Å². The van der Waals surface area contributed by atoms with E-state index in [0.29, 0.717) is 12.3 Å². The topological polar surface area (TPSA) is 78.7 Å². The van der Waals surface area contributed by atoms with Crippen molar-refractivity contribution in [2.24, 2.45) is 10.9 Å². The number of likely N-dealkylation sites (tertiary alicyclic amines) is 1. The number of nitrogens with zero attached hydrogens (tertiary/aromatic N) is 3. The number of carbonyl (C=O) groups is 1. The molecular formula is C20H33N5O2. The van der Waals surface area contributed by atoms with E-state index in [-0.39, 0.29) is 11.5 Å². The molecule has 0 saturated carbocycles. The minimum absolute atomic E-state index is 0.0500. The standard InChI is InChI=1S/C20H33N5O2/c1-3-22-20(25-14-9-17(10-15-25)16-18(26)21-2)23-11-5-7-13-24-12-6-4-8-19(24)27/h4,6,8,12,17H,3,5,7,9-11,13-16H2,1-2H3,(H,21,26)(H,22,23). The number of piperidine rings is 1. The molecule has 1 aliphatic heterocycles. The van der Waals surface area contributed by atoms with Crippen molar-refractivity contribution < 1.29 is 4.79 Å². The lowest BCUT2D eigenvalue weighted by atomic mass is 9.93. The summed E-state index contributed by atoms with van der Waals surface area (Å²) in [7, 11) is 1.70. The first-order chi connectivity index (χ1) is 13.1. The lowest BCUT2D eigenvalue weighted by molar-refractivity contribution is -0.121. The van der Waals surface area contributed by atoms with Gasteiger partial charge in [0.25, 0.3) is 0 Å². The van der Waals surface area contributed by atoms with Gasteiger partial charge >= 0.3 is 0 Å². The molecule has 0 unspecified atom stereocenters. The number of pyridine rings is 1. The van der Waals surface area contributed by atoms with Crippen LogP contribution < -0.4 is 16.2 Å². The highest BCUT2D eigenvalue weighted by Gasteiger charge is 2.22. The molecule has 0 aliphatic carbocycles. The second-order valence-corrected chi connectivity index (χ2v) is 6.98. The summed E-state index contributed by atoms with van der Waals surface area (Å²) in [6.07, 6.45) is 6.38. The summed E-state index contributed by atoms with van der Waals surface area (Å²) in [5, 5.41) is 6.09. The predicted molar refractivity (Wildman–Crippen MR) is 109 cm³/mol. The van der Waals surface area contributed by atoms with E-state index < -0.39 is 0 Å². The van der Waals surface area contributed by atoms with Gasteiger partial charge < -0.3 is 20.1 Å². The third-order valence-corrected chi connectivity index (χ3v) is 4.97. The number of aliphatic imine (C=N–C) groups is 1. The third-order valence-electron chi connectivity index (χ3n) is 4.97. The number of rotatable bonds is 8. The van der Waals surface area contributed by atoms with Gasteiger partial charge in [0, 0.05) is 58.5 Å². The second-order valence-electron chi connectivity index (χ2n) is 6.98. The molecule has 0 bridgehead atoms. The smallest absolute Gasteiger partial charge is 0.250 e. The molecule has 1 amide bonds. The van der Waals surface area contributed by atoms with Gasteiger partial charge in [0.2, 0.25) is 11.5 Å². The number of hydrogen-bond donors (Lipinski definition) is 2. The molecule has 1 fully saturated rings. The summed E-state index contributed by atoms with van der Waals surface area (Å²) in [6.45, 7) is 6.28. The molecule has 1 saturated heterocycles.